The van der Waals surface area contributed by atoms with Crippen molar-refractivity contribution in [3.05, 3.63) is 11.8 Å². The van der Waals surface area contributed by atoms with E-state index in [1.807, 2.05) is 13.8 Å². The van der Waals surface area contributed by atoms with Gasteiger partial charge in [-0.3, -0.25) is 0 Å². The molecule has 0 aliphatic heterocycles. The first kappa shape index (κ1) is 11.7. The normalized spacial score (nSPS) is 10.1. The number of methoxy groups -OCH3 is 1. The molecule has 0 unspecified atom stereocenters. The Morgan fingerprint density at radius 3 is 2.87 bits per heavy atom. The van der Waals surface area contributed by atoms with E-state index in [2.05, 4.69) is 15.3 Å². The average molecular weight is 211 g/mol. The molecule has 1 aromatic heterocycles. The summed E-state index contributed by atoms with van der Waals surface area (Å²) < 4.78 is 10.2. The van der Waals surface area contributed by atoms with Gasteiger partial charge < -0.3 is 14.8 Å². The second-order valence-corrected chi connectivity index (χ2v) is 3.00. The highest BCUT2D eigenvalue weighted by atomic mass is 16.5. The fourth-order valence-corrected chi connectivity index (χ4v) is 1.10. The maximum absolute atomic E-state index is 5.19. The highest BCUT2D eigenvalue weighted by Gasteiger charge is 2.00. The lowest BCUT2D eigenvalue weighted by molar-refractivity contribution is 0.158. The second-order valence-electron chi connectivity index (χ2n) is 3.00. The molecule has 0 atom stereocenters. The van der Waals surface area contributed by atoms with Crippen LogP contribution in [0.25, 0.3) is 0 Å². The fourth-order valence-electron chi connectivity index (χ4n) is 1.10. The Morgan fingerprint density at radius 1 is 1.40 bits per heavy atom. The van der Waals surface area contributed by atoms with Gasteiger partial charge in [-0.25, -0.2) is 4.98 Å². The topological polar surface area (TPSA) is 56.3 Å². The molecule has 0 bridgehead atoms. The zero-order chi connectivity index (χ0) is 11.1. The summed E-state index contributed by atoms with van der Waals surface area (Å²) in [5.41, 5.74) is 0.876. The highest BCUT2D eigenvalue weighted by Crippen LogP contribution is 2.10. The van der Waals surface area contributed by atoms with Crippen LogP contribution in [0.5, 0.6) is 5.88 Å². The number of aryl methyl sites for hydroxylation is 1. The Bertz CT molecular complexity index is 305. The van der Waals surface area contributed by atoms with Crippen LogP contribution in [0, 0.1) is 6.92 Å². The van der Waals surface area contributed by atoms with Gasteiger partial charge in [0, 0.05) is 24.9 Å². The van der Waals surface area contributed by atoms with Gasteiger partial charge in [-0.15, -0.1) is 0 Å². The quantitative estimate of drug-likeness (QED) is 0.717. The molecule has 84 valence electrons. The molecule has 1 heterocycles. The van der Waals surface area contributed by atoms with E-state index < -0.39 is 0 Å². The minimum Gasteiger partial charge on any atom is -0.481 e. The van der Waals surface area contributed by atoms with Crippen molar-refractivity contribution < 1.29 is 9.47 Å². The average Bonchev–Trinajstić information content (AvgIpc) is 2.23. The summed E-state index contributed by atoms with van der Waals surface area (Å²) in [7, 11) is 1.59. The molecular weight excluding hydrogens is 194 g/mol. The molecule has 0 amide bonds. The molecule has 0 saturated carbocycles. The maximum atomic E-state index is 5.19. The van der Waals surface area contributed by atoms with Crippen molar-refractivity contribution in [1.29, 1.82) is 0 Å². The minimum atomic E-state index is 0.571. The van der Waals surface area contributed by atoms with Crippen LogP contribution in [-0.4, -0.2) is 36.8 Å². The Balaban J connectivity index is 2.49. The molecule has 0 radical (unpaired) electrons. The first-order chi connectivity index (χ1) is 7.26. The molecule has 0 saturated heterocycles. The van der Waals surface area contributed by atoms with Gasteiger partial charge in [0.25, 0.3) is 0 Å². The second kappa shape index (κ2) is 6.19. The molecule has 0 fully saturated rings. The molecule has 15 heavy (non-hydrogen) atoms. The lowest BCUT2D eigenvalue weighted by atomic mass is 10.4. The van der Waals surface area contributed by atoms with Gasteiger partial charge in [0.15, 0.2) is 0 Å². The summed E-state index contributed by atoms with van der Waals surface area (Å²) in [6.45, 7) is 5.93. The van der Waals surface area contributed by atoms with Gasteiger partial charge in [0.2, 0.25) is 11.8 Å². The number of nitrogens with one attached hydrogen (secondary N) is 1. The summed E-state index contributed by atoms with van der Waals surface area (Å²) in [4.78, 5) is 8.37. The smallest absolute Gasteiger partial charge is 0.226 e. The molecule has 0 aromatic carbocycles. The van der Waals surface area contributed by atoms with Gasteiger partial charge in [-0.05, 0) is 13.8 Å². The molecule has 5 heteroatoms. The van der Waals surface area contributed by atoms with Crippen LogP contribution >= 0.6 is 0 Å². The lowest BCUT2D eigenvalue weighted by Crippen LogP contribution is -2.12. The minimum absolute atomic E-state index is 0.571. The van der Waals surface area contributed by atoms with E-state index in [1.165, 1.54) is 0 Å². The van der Waals surface area contributed by atoms with Gasteiger partial charge >= 0.3 is 0 Å². The van der Waals surface area contributed by atoms with E-state index in [0.29, 0.717) is 25.0 Å². The van der Waals surface area contributed by atoms with Crippen LogP contribution in [0.3, 0.4) is 0 Å². The molecule has 1 aromatic rings. The van der Waals surface area contributed by atoms with Crippen LogP contribution in [0.2, 0.25) is 0 Å². The van der Waals surface area contributed by atoms with E-state index in [4.69, 9.17) is 9.47 Å². The summed E-state index contributed by atoms with van der Waals surface area (Å²) >= 11 is 0. The van der Waals surface area contributed by atoms with E-state index >= 15 is 0 Å². The number of hydrogen-bond donors (Lipinski definition) is 1. The third-order valence-electron chi connectivity index (χ3n) is 1.77. The first-order valence-corrected chi connectivity index (χ1v) is 4.97. The summed E-state index contributed by atoms with van der Waals surface area (Å²) in [6.07, 6.45) is 0. The van der Waals surface area contributed by atoms with Gasteiger partial charge in [0.1, 0.15) is 0 Å². The molecule has 0 aliphatic carbocycles. The van der Waals surface area contributed by atoms with Crippen molar-refractivity contribution in [2.45, 2.75) is 13.8 Å². The monoisotopic (exact) mass is 211 g/mol. The van der Waals surface area contributed by atoms with Crippen molar-refractivity contribution >= 4 is 5.95 Å². The number of rotatable bonds is 6. The Morgan fingerprint density at radius 2 is 2.20 bits per heavy atom. The van der Waals surface area contributed by atoms with Crippen LogP contribution in [-0.2, 0) is 4.74 Å². The van der Waals surface area contributed by atoms with Crippen molar-refractivity contribution in [2.24, 2.45) is 0 Å². The number of aromatic nitrogens is 2. The molecule has 1 rings (SSSR count). The summed E-state index contributed by atoms with van der Waals surface area (Å²) in [5.74, 6) is 1.15. The van der Waals surface area contributed by atoms with E-state index in [1.54, 1.807) is 13.2 Å². The van der Waals surface area contributed by atoms with Gasteiger partial charge in [-0.1, -0.05) is 0 Å². The van der Waals surface area contributed by atoms with Crippen LogP contribution in [0.4, 0.5) is 5.95 Å². The summed E-state index contributed by atoms with van der Waals surface area (Å²) in [5, 5.41) is 3.07. The van der Waals surface area contributed by atoms with Crippen molar-refractivity contribution in [3.8, 4) is 5.88 Å². The zero-order valence-corrected chi connectivity index (χ0v) is 9.41. The Hall–Kier alpha value is -1.36. The van der Waals surface area contributed by atoms with Crippen molar-refractivity contribution in [1.82, 2.24) is 9.97 Å². The van der Waals surface area contributed by atoms with E-state index in [0.717, 1.165) is 12.3 Å². The van der Waals surface area contributed by atoms with Crippen molar-refractivity contribution in [3.63, 3.8) is 0 Å². The van der Waals surface area contributed by atoms with E-state index in [-0.39, 0.29) is 0 Å². The predicted molar refractivity (Wildman–Crippen MR) is 58.3 cm³/mol. The maximum Gasteiger partial charge on any atom is 0.226 e. The Kier molecular flexibility index (Phi) is 4.83. The van der Waals surface area contributed by atoms with Gasteiger partial charge in [-0.2, -0.15) is 4.98 Å². The molecular formula is C10H17N3O2. The SMILES string of the molecule is CCOCCNc1nc(C)cc(OC)n1. The zero-order valence-electron chi connectivity index (χ0n) is 9.41. The predicted octanol–water partition coefficient (Wildman–Crippen LogP) is 1.24. The number of anilines is 1. The van der Waals surface area contributed by atoms with E-state index in [9.17, 15) is 0 Å². The number of hydrogen-bond acceptors (Lipinski definition) is 5. The van der Waals surface area contributed by atoms with Gasteiger partial charge in [0.05, 0.1) is 13.7 Å². The van der Waals surface area contributed by atoms with Crippen molar-refractivity contribution in [2.75, 3.05) is 32.2 Å². The standard InChI is InChI=1S/C10H17N3O2/c1-4-15-6-5-11-10-12-8(2)7-9(13-10)14-3/h7H,4-6H2,1-3H3,(H,11,12,13). The first-order valence-electron chi connectivity index (χ1n) is 4.97. The van der Waals surface area contributed by atoms with Crippen LogP contribution in [0.1, 0.15) is 12.6 Å². The summed E-state index contributed by atoms with van der Waals surface area (Å²) in [6, 6.07) is 1.79. The molecule has 0 spiro atoms. The molecule has 5 nitrogen and oxygen atoms in total. The van der Waals surface area contributed by atoms with Crippen LogP contribution < -0.4 is 10.1 Å². The fraction of sp³-hybridized carbons (Fsp3) is 0.600. The largest absolute Gasteiger partial charge is 0.481 e. The number of nitrogens with zero attached hydrogens (tertiary/aromatic N) is 2. The third-order valence-corrected chi connectivity index (χ3v) is 1.77. The third kappa shape index (κ3) is 4.12. The Labute approximate surface area is 89.8 Å². The number of ether oxygens (including phenoxy) is 2. The molecule has 1 N–H and O–H groups in total. The highest BCUT2D eigenvalue weighted by molar-refractivity contribution is 5.30. The van der Waals surface area contributed by atoms with Crippen LogP contribution in [0.15, 0.2) is 6.07 Å². The molecule has 0 aliphatic rings. The lowest BCUT2D eigenvalue weighted by Gasteiger charge is -2.07.